The SMILES string of the molecule is CCNc1ccnc(N[C@H]2CC(C)(C)Cc3nc(N4CCOCC4)ncc32)n1. The fourth-order valence-electron chi connectivity index (χ4n) is 3.94. The van der Waals surface area contributed by atoms with E-state index >= 15 is 0 Å². The Bertz CT molecular complexity index is 820. The molecule has 8 nitrogen and oxygen atoms in total. The van der Waals surface area contributed by atoms with Gasteiger partial charge in [0.1, 0.15) is 5.82 Å². The zero-order valence-electron chi connectivity index (χ0n) is 16.9. The molecule has 2 aromatic rings. The van der Waals surface area contributed by atoms with Crippen molar-refractivity contribution in [3.05, 3.63) is 29.7 Å². The molecule has 28 heavy (non-hydrogen) atoms. The van der Waals surface area contributed by atoms with Gasteiger partial charge in [0, 0.05) is 37.6 Å². The van der Waals surface area contributed by atoms with Crippen molar-refractivity contribution in [2.75, 3.05) is 48.4 Å². The van der Waals surface area contributed by atoms with Gasteiger partial charge in [-0.1, -0.05) is 13.8 Å². The van der Waals surface area contributed by atoms with Gasteiger partial charge < -0.3 is 20.3 Å². The first-order valence-electron chi connectivity index (χ1n) is 10.1. The maximum Gasteiger partial charge on any atom is 0.225 e. The second kappa shape index (κ2) is 7.87. The van der Waals surface area contributed by atoms with Crippen molar-refractivity contribution in [3.63, 3.8) is 0 Å². The first-order valence-corrected chi connectivity index (χ1v) is 10.1. The third-order valence-electron chi connectivity index (χ3n) is 5.28. The van der Waals surface area contributed by atoms with E-state index in [1.807, 2.05) is 12.3 Å². The van der Waals surface area contributed by atoms with Crippen LogP contribution in [0.3, 0.4) is 0 Å². The first-order chi connectivity index (χ1) is 13.5. The molecule has 8 heteroatoms. The van der Waals surface area contributed by atoms with Crippen LogP contribution in [0.5, 0.6) is 0 Å². The Kier molecular flexibility index (Phi) is 5.30. The van der Waals surface area contributed by atoms with E-state index in [-0.39, 0.29) is 11.5 Å². The normalized spacial score (nSPS) is 21.1. The van der Waals surface area contributed by atoms with Gasteiger partial charge in [0.2, 0.25) is 11.9 Å². The molecular formula is C20H29N7O. The smallest absolute Gasteiger partial charge is 0.225 e. The summed E-state index contributed by atoms with van der Waals surface area (Å²) < 4.78 is 5.45. The zero-order chi connectivity index (χ0) is 19.6. The Morgan fingerprint density at radius 3 is 2.82 bits per heavy atom. The van der Waals surface area contributed by atoms with E-state index < -0.39 is 0 Å². The summed E-state index contributed by atoms with van der Waals surface area (Å²) >= 11 is 0. The number of morpholine rings is 1. The highest BCUT2D eigenvalue weighted by molar-refractivity contribution is 5.43. The molecule has 0 radical (unpaired) electrons. The highest BCUT2D eigenvalue weighted by atomic mass is 16.5. The summed E-state index contributed by atoms with van der Waals surface area (Å²) in [6, 6.07) is 1.97. The average Bonchev–Trinajstić information content (AvgIpc) is 2.68. The van der Waals surface area contributed by atoms with Gasteiger partial charge in [0.15, 0.2) is 0 Å². The molecule has 1 aliphatic carbocycles. The molecule has 2 aliphatic rings. The lowest BCUT2D eigenvalue weighted by Gasteiger charge is -2.37. The summed E-state index contributed by atoms with van der Waals surface area (Å²) in [5.41, 5.74) is 2.41. The van der Waals surface area contributed by atoms with Crippen molar-refractivity contribution >= 4 is 17.7 Å². The maximum atomic E-state index is 5.45. The zero-order valence-corrected chi connectivity index (χ0v) is 16.9. The van der Waals surface area contributed by atoms with Crippen molar-refractivity contribution in [1.82, 2.24) is 19.9 Å². The minimum Gasteiger partial charge on any atom is -0.378 e. The lowest BCUT2D eigenvalue weighted by Crippen LogP contribution is -2.38. The second-order valence-electron chi connectivity index (χ2n) is 8.21. The molecule has 0 aromatic carbocycles. The number of rotatable bonds is 5. The molecule has 1 atom stereocenters. The molecule has 0 unspecified atom stereocenters. The Balaban J connectivity index is 1.60. The van der Waals surface area contributed by atoms with Gasteiger partial charge in [0.25, 0.3) is 0 Å². The average molecular weight is 384 g/mol. The molecule has 0 amide bonds. The Labute approximate surface area is 166 Å². The number of anilines is 3. The summed E-state index contributed by atoms with van der Waals surface area (Å²) in [6.07, 6.45) is 5.68. The predicted molar refractivity (Wildman–Crippen MR) is 110 cm³/mol. The van der Waals surface area contributed by atoms with Crippen molar-refractivity contribution in [1.29, 1.82) is 0 Å². The largest absolute Gasteiger partial charge is 0.378 e. The molecule has 1 aliphatic heterocycles. The second-order valence-corrected chi connectivity index (χ2v) is 8.21. The monoisotopic (exact) mass is 383 g/mol. The molecular weight excluding hydrogens is 354 g/mol. The molecule has 2 N–H and O–H groups in total. The Hall–Kier alpha value is -2.48. The van der Waals surface area contributed by atoms with E-state index in [2.05, 4.69) is 51.3 Å². The lowest BCUT2D eigenvalue weighted by molar-refractivity contribution is 0.122. The fraction of sp³-hybridized carbons (Fsp3) is 0.600. The van der Waals surface area contributed by atoms with E-state index in [0.717, 1.165) is 68.7 Å². The molecule has 0 saturated carbocycles. The van der Waals surface area contributed by atoms with Gasteiger partial charge in [-0.15, -0.1) is 0 Å². The number of nitrogens with one attached hydrogen (secondary N) is 2. The molecule has 3 heterocycles. The van der Waals surface area contributed by atoms with Gasteiger partial charge in [0.05, 0.1) is 24.9 Å². The highest BCUT2D eigenvalue weighted by Gasteiger charge is 2.34. The molecule has 1 fully saturated rings. The van der Waals surface area contributed by atoms with Crippen LogP contribution in [0.15, 0.2) is 18.5 Å². The van der Waals surface area contributed by atoms with Gasteiger partial charge in [-0.25, -0.2) is 15.0 Å². The van der Waals surface area contributed by atoms with Crippen LogP contribution >= 0.6 is 0 Å². The number of ether oxygens (including phenoxy) is 1. The lowest BCUT2D eigenvalue weighted by atomic mass is 9.74. The molecule has 4 rings (SSSR count). The van der Waals surface area contributed by atoms with Crippen LogP contribution in [-0.4, -0.2) is 52.8 Å². The van der Waals surface area contributed by atoms with E-state index in [9.17, 15) is 0 Å². The Morgan fingerprint density at radius 1 is 1.21 bits per heavy atom. The van der Waals surface area contributed by atoms with E-state index in [0.29, 0.717) is 5.95 Å². The van der Waals surface area contributed by atoms with E-state index in [4.69, 9.17) is 9.72 Å². The third-order valence-corrected chi connectivity index (χ3v) is 5.28. The summed E-state index contributed by atoms with van der Waals surface area (Å²) in [7, 11) is 0. The van der Waals surface area contributed by atoms with Crippen LogP contribution < -0.4 is 15.5 Å². The number of hydrogen-bond donors (Lipinski definition) is 2. The van der Waals surface area contributed by atoms with E-state index in [1.54, 1.807) is 6.20 Å². The third kappa shape index (κ3) is 4.16. The van der Waals surface area contributed by atoms with Crippen molar-refractivity contribution in [2.45, 2.75) is 39.7 Å². The number of hydrogen-bond acceptors (Lipinski definition) is 8. The van der Waals surface area contributed by atoms with Crippen molar-refractivity contribution < 1.29 is 4.74 Å². The minimum absolute atomic E-state index is 0.0920. The number of fused-ring (bicyclic) bond motifs is 1. The summed E-state index contributed by atoms with van der Waals surface area (Å²) in [5, 5.41) is 6.75. The quantitative estimate of drug-likeness (QED) is 0.815. The molecule has 0 bridgehead atoms. The Morgan fingerprint density at radius 2 is 2.04 bits per heavy atom. The minimum atomic E-state index is 0.0920. The van der Waals surface area contributed by atoms with Crippen LogP contribution in [0, 0.1) is 5.41 Å². The summed E-state index contributed by atoms with van der Waals surface area (Å²) in [6.45, 7) is 10.6. The van der Waals surface area contributed by atoms with Gasteiger partial charge in [-0.05, 0) is 31.2 Å². The van der Waals surface area contributed by atoms with Crippen LogP contribution in [0.4, 0.5) is 17.7 Å². The standard InChI is InChI=1S/C20H29N7O/c1-4-21-17-5-6-22-18(26-17)24-15-11-20(2,3)12-16-14(15)13-23-19(25-16)27-7-9-28-10-8-27/h5-6,13,15H,4,7-12H2,1-3H3,(H2,21,22,24,26)/t15-/m0/s1. The van der Waals surface area contributed by atoms with Gasteiger partial charge in [-0.3, -0.25) is 0 Å². The van der Waals surface area contributed by atoms with Crippen molar-refractivity contribution in [3.8, 4) is 0 Å². The van der Waals surface area contributed by atoms with Crippen LogP contribution in [0.25, 0.3) is 0 Å². The first kappa shape index (κ1) is 18.9. The molecule has 150 valence electrons. The van der Waals surface area contributed by atoms with Crippen LogP contribution in [-0.2, 0) is 11.2 Å². The fourth-order valence-corrected chi connectivity index (χ4v) is 3.94. The maximum absolute atomic E-state index is 5.45. The molecule has 2 aromatic heterocycles. The van der Waals surface area contributed by atoms with Gasteiger partial charge in [-0.2, -0.15) is 4.98 Å². The van der Waals surface area contributed by atoms with Crippen LogP contribution in [0.1, 0.15) is 44.5 Å². The van der Waals surface area contributed by atoms with Crippen molar-refractivity contribution in [2.24, 2.45) is 5.41 Å². The highest BCUT2D eigenvalue weighted by Crippen LogP contribution is 2.41. The van der Waals surface area contributed by atoms with Crippen LogP contribution in [0.2, 0.25) is 0 Å². The summed E-state index contributed by atoms with van der Waals surface area (Å²) in [4.78, 5) is 20.8. The predicted octanol–water partition coefficient (Wildman–Crippen LogP) is 2.66. The van der Waals surface area contributed by atoms with Gasteiger partial charge >= 0.3 is 0 Å². The number of aromatic nitrogens is 4. The number of nitrogens with zero attached hydrogens (tertiary/aromatic N) is 5. The summed E-state index contributed by atoms with van der Waals surface area (Å²) in [5.74, 6) is 2.27. The van der Waals surface area contributed by atoms with E-state index in [1.165, 1.54) is 0 Å². The topological polar surface area (TPSA) is 88.1 Å². The molecule has 1 saturated heterocycles. The molecule has 0 spiro atoms.